The standard InChI is InChI=1S/C24H30N2O6S/c1-4-31-23-13-18-12-16(2)32-22(18)14-21(23)25-24(27)17-6-5-11-26(15-17)33(28,29)20-9-7-19(30-3)8-10-20/h7-10,13-14,16-17H,4-6,11-12,15H2,1-3H3,(H,25,27)/t16-,17-/m1/s1. The minimum atomic E-state index is -3.70. The zero-order valence-electron chi connectivity index (χ0n) is 19.2. The number of hydrogen-bond acceptors (Lipinski definition) is 6. The molecule has 2 aliphatic heterocycles. The number of methoxy groups -OCH3 is 1. The van der Waals surface area contributed by atoms with E-state index in [9.17, 15) is 13.2 Å². The zero-order chi connectivity index (χ0) is 23.6. The van der Waals surface area contributed by atoms with Crippen molar-refractivity contribution in [3.05, 3.63) is 42.0 Å². The number of carbonyl (C=O) groups excluding carboxylic acids is 1. The van der Waals surface area contributed by atoms with E-state index in [2.05, 4.69) is 5.32 Å². The summed E-state index contributed by atoms with van der Waals surface area (Å²) < 4.78 is 44.3. The van der Waals surface area contributed by atoms with Crippen molar-refractivity contribution in [3.8, 4) is 17.2 Å². The number of anilines is 1. The van der Waals surface area contributed by atoms with Crippen molar-refractivity contribution < 1.29 is 27.4 Å². The molecule has 1 N–H and O–H groups in total. The number of carbonyl (C=O) groups is 1. The van der Waals surface area contributed by atoms with Crippen LogP contribution in [0.15, 0.2) is 41.3 Å². The maximum absolute atomic E-state index is 13.1. The van der Waals surface area contributed by atoms with E-state index >= 15 is 0 Å². The first-order valence-electron chi connectivity index (χ1n) is 11.2. The highest BCUT2D eigenvalue weighted by Crippen LogP contribution is 2.38. The number of piperidine rings is 1. The summed E-state index contributed by atoms with van der Waals surface area (Å²) in [5.74, 6) is 1.24. The van der Waals surface area contributed by atoms with Crippen molar-refractivity contribution in [2.75, 3.05) is 32.1 Å². The van der Waals surface area contributed by atoms with Gasteiger partial charge in [-0.3, -0.25) is 4.79 Å². The molecule has 178 valence electrons. The van der Waals surface area contributed by atoms with E-state index in [-0.39, 0.29) is 23.5 Å². The zero-order valence-corrected chi connectivity index (χ0v) is 20.0. The fraction of sp³-hybridized carbons (Fsp3) is 0.458. The molecule has 0 spiro atoms. The molecular formula is C24H30N2O6S. The first kappa shape index (κ1) is 23.4. The quantitative estimate of drug-likeness (QED) is 0.661. The van der Waals surface area contributed by atoms with Crippen LogP contribution < -0.4 is 19.5 Å². The molecule has 2 aromatic carbocycles. The van der Waals surface area contributed by atoms with Crippen molar-refractivity contribution >= 4 is 21.6 Å². The van der Waals surface area contributed by atoms with Gasteiger partial charge in [-0.2, -0.15) is 4.31 Å². The van der Waals surface area contributed by atoms with Gasteiger partial charge in [-0.05, 0) is 57.0 Å². The predicted octanol–water partition coefficient (Wildman–Crippen LogP) is 3.46. The molecule has 2 aliphatic rings. The van der Waals surface area contributed by atoms with Gasteiger partial charge in [0.25, 0.3) is 0 Å². The highest BCUT2D eigenvalue weighted by molar-refractivity contribution is 7.89. The van der Waals surface area contributed by atoms with Crippen LogP contribution in [0.1, 0.15) is 32.3 Å². The van der Waals surface area contributed by atoms with Gasteiger partial charge >= 0.3 is 0 Å². The monoisotopic (exact) mass is 474 g/mol. The number of nitrogens with one attached hydrogen (secondary N) is 1. The number of fused-ring (bicyclic) bond motifs is 1. The lowest BCUT2D eigenvalue weighted by molar-refractivity contribution is -0.120. The normalized spacial score (nSPS) is 20.6. The molecule has 0 bridgehead atoms. The fourth-order valence-electron chi connectivity index (χ4n) is 4.32. The minimum Gasteiger partial charge on any atom is -0.497 e. The average molecular weight is 475 g/mol. The molecule has 8 nitrogen and oxygen atoms in total. The maximum Gasteiger partial charge on any atom is 0.243 e. The summed E-state index contributed by atoms with van der Waals surface area (Å²) in [7, 11) is -2.17. The summed E-state index contributed by atoms with van der Waals surface area (Å²) in [5, 5.41) is 2.95. The molecule has 2 heterocycles. The summed E-state index contributed by atoms with van der Waals surface area (Å²) in [5.41, 5.74) is 1.60. The highest BCUT2D eigenvalue weighted by atomic mass is 32.2. The van der Waals surface area contributed by atoms with E-state index in [1.54, 1.807) is 18.2 Å². The smallest absolute Gasteiger partial charge is 0.243 e. The Balaban J connectivity index is 1.50. The predicted molar refractivity (Wildman–Crippen MR) is 125 cm³/mol. The summed E-state index contributed by atoms with van der Waals surface area (Å²) in [6, 6.07) is 10.0. The van der Waals surface area contributed by atoms with Crippen molar-refractivity contribution in [2.45, 2.75) is 44.1 Å². The van der Waals surface area contributed by atoms with Gasteiger partial charge in [-0.25, -0.2) is 8.42 Å². The Morgan fingerprint density at radius 3 is 2.70 bits per heavy atom. The molecule has 2 atom stereocenters. The molecule has 0 saturated carbocycles. The van der Waals surface area contributed by atoms with Gasteiger partial charge in [0.15, 0.2) is 0 Å². The van der Waals surface area contributed by atoms with E-state index in [1.807, 2.05) is 19.9 Å². The topological polar surface area (TPSA) is 94.2 Å². The van der Waals surface area contributed by atoms with Gasteiger partial charge in [0, 0.05) is 31.1 Å². The van der Waals surface area contributed by atoms with Gasteiger partial charge in [0.05, 0.1) is 30.2 Å². The van der Waals surface area contributed by atoms with Gasteiger partial charge < -0.3 is 19.5 Å². The number of rotatable bonds is 7. The molecule has 1 saturated heterocycles. The summed E-state index contributed by atoms with van der Waals surface area (Å²) in [4.78, 5) is 13.3. The van der Waals surface area contributed by atoms with Crippen LogP contribution in [0.5, 0.6) is 17.2 Å². The molecule has 4 rings (SSSR count). The van der Waals surface area contributed by atoms with E-state index in [4.69, 9.17) is 14.2 Å². The van der Waals surface area contributed by atoms with Gasteiger partial charge in [0.1, 0.15) is 23.4 Å². The Morgan fingerprint density at radius 1 is 1.24 bits per heavy atom. The Bertz CT molecular complexity index is 1120. The third kappa shape index (κ3) is 4.94. The highest BCUT2D eigenvalue weighted by Gasteiger charge is 2.34. The molecule has 0 unspecified atom stereocenters. The molecule has 1 amide bonds. The molecule has 2 aromatic rings. The van der Waals surface area contributed by atoms with E-state index in [1.165, 1.54) is 23.5 Å². The molecule has 0 aliphatic carbocycles. The van der Waals surface area contributed by atoms with Crippen LogP contribution in [0.4, 0.5) is 5.69 Å². The largest absolute Gasteiger partial charge is 0.497 e. The summed E-state index contributed by atoms with van der Waals surface area (Å²) in [6.07, 6.45) is 2.10. The number of sulfonamides is 1. The second-order valence-corrected chi connectivity index (χ2v) is 10.3. The number of ether oxygens (including phenoxy) is 3. The molecule has 0 radical (unpaired) electrons. The summed E-state index contributed by atoms with van der Waals surface area (Å²) >= 11 is 0. The van der Waals surface area contributed by atoms with Crippen molar-refractivity contribution in [3.63, 3.8) is 0 Å². The third-order valence-electron chi connectivity index (χ3n) is 6.01. The number of nitrogens with zero attached hydrogens (tertiary/aromatic N) is 1. The number of hydrogen-bond donors (Lipinski definition) is 1. The van der Waals surface area contributed by atoms with Crippen LogP contribution >= 0.6 is 0 Å². The SMILES string of the molecule is CCOc1cc2c(cc1NC(=O)[C@@H]1CCCN(S(=O)(=O)c3ccc(OC)cc3)C1)O[C@H](C)C2. The molecule has 1 fully saturated rings. The van der Waals surface area contributed by atoms with Crippen LogP contribution in [-0.4, -0.2) is 51.5 Å². The van der Waals surface area contributed by atoms with Gasteiger partial charge in [-0.1, -0.05) is 0 Å². The fourth-order valence-corrected chi connectivity index (χ4v) is 5.84. The average Bonchev–Trinajstić information content (AvgIpc) is 3.18. The van der Waals surface area contributed by atoms with Crippen LogP contribution in [-0.2, 0) is 21.2 Å². The lowest BCUT2D eigenvalue weighted by Crippen LogP contribution is -2.43. The summed E-state index contributed by atoms with van der Waals surface area (Å²) in [6.45, 7) is 4.87. The molecular weight excluding hydrogens is 444 g/mol. The number of amides is 1. The first-order valence-corrected chi connectivity index (χ1v) is 12.7. The lowest BCUT2D eigenvalue weighted by atomic mass is 9.98. The van der Waals surface area contributed by atoms with E-state index in [0.29, 0.717) is 43.2 Å². The van der Waals surface area contributed by atoms with Crippen molar-refractivity contribution in [1.82, 2.24) is 4.31 Å². The van der Waals surface area contributed by atoms with Crippen LogP contribution in [0.3, 0.4) is 0 Å². The van der Waals surface area contributed by atoms with Crippen LogP contribution in [0.25, 0.3) is 0 Å². The van der Waals surface area contributed by atoms with Crippen molar-refractivity contribution in [1.29, 1.82) is 0 Å². The Hall–Kier alpha value is -2.78. The minimum absolute atomic E-state index is 0.0792. The number of benzene rings is 2. The van der Waals surface area contributed by atoms with Crippen molar-refractivity contribution in [2.24, 2.45) is 5.92 Å². The second-order valence-electron chi connectivity index (χ2n) is 8.39. The van der Waals surface area contributed by atoms with Crippen LogP contribution in [0.2, 0.25) is 0 Å². The van der Waals surface area contributed by atoms with E-state index in [0.717, 1.165) is 17.7 Å². The third-order valence-corrected chi connectivity index (χ3v) is 7.89. The van der Waals surface area contributed by atoms with E-state index < -0.39 is 15.9 Å². The molecule has 0 aromatic heterocycles. The lowest BCUT2D eigenvalue weighted by Gasteiger charge is -2.31. The Kier molecular flexibility index (Phi) is 6.81. The van der Waals surface area contributed by atoms with Gasteiger partial charge in [0.2, 0.25) is 15.9 Å². The van der Waals surface area contributed by atoms with Crippen LogP contribution in [0, 0.1) is 5.92 Å². The Morgan fingerprint density at radius 2 is 2.00 bits per heavy atom. The molecule has 9 heteroatoms. The Labute approximate surface area is 194 Å². The van der Waals surface area contributed by atoms with Gasteiger partial charge in [-0.15, -0.1) is 0 Å². The maximum atomic E-state index is 13.1. The first-order chi connectivity index (χ1) is 15.8. The second kappa shape index (κ2) is 9.61. The molecule has 33 heavy (non-hydrogen) atoms.